The summed E-state index contributed by atoms with van der Waals surface area (Å²) in [5, 5.41) is 8.15. The van der Waals surface area contributed by atoms with Crippen molar-refractivity contribution in [2.24, 2.45) is 5.92 Å². The van der Waals surface area contributed by atoms with Gasteiger partial charge < -0.3 is 20.7 Å². The number of sulfonamides is 1. The lowest BCUT2D eigenvalue weighted by atomic mass is 10.0. The lowest BCUT2D eigenvalue weighted by Gasteiger charge is -2.34. The first-order chi connectivity index (χ1) is 16.1. The summed E-state index contributed by atoms with van der Waals surface area (Å²) in [4.78, 5) is 25.3. The van der Waals surface area contributed by atoms with Crippen LogP contribution < -0.4 is 16.0 Å². The number of nitrogens with zero attached hydrogens (tertiary/aromatic N) is 1. The standard InChI is InChI=1S/C24H32N4O5S/c1-16(2)22(27-24(30)26-19-8-6-5-7-9-19)23(29)25-20-10-12-21(13-11-20)34(31,32)28-14-17(3)33-18(4)15-28/h5-13,16-18,22H,14-15H2,1-4H3,(H,25,29)(H2,26,27,30)/t17-,18+,22-/m1/s1. The molecular weight excluding hydrogens is 456 g/mol. The van der Waals surface area contributed by atoms with Crippen molar-refractivity contribution in [1.29, 1.82) is 0 Å². The fourth-order valence-electron chi connectivity index (χ4n) is 3.77. The quantitative estimate of drug-likeness (QED) is 0.553. The molecule has 34 heavy (non-hydrogen) atoms. The molecule has 0 saturated carbocycles. The van der Waals surface area contributed by atoms with Gasteiger partial charge >= 0.3 is 6.03 Å². The second-order valence-corrected chi connectivity index (χ2v) is 10.7. The predicted molar refractivity (Wildman–Crippen MR) is 131 cm³/mol. The second-order valence-electron chi connectivity index (χ2n) is 8.78. The van der Waals surface area contributed by atoms with Gasteiger partial charge in [-0.05, 0) is 56.2 Å². The van der Waals surface area contributed by atoms with E-state index in [1.807, 2.05) is 33.8 Å². The molecule has 10 heteroatoms. The molecule has 1 aliphatic heterocycles. The zero-order valence-electron chi connectivity index (χ0n) is 19.8. The van der Waals surface area contributed by atoms with Crippen LogP contribution in [0.25, 0.3) is 0 Å². The highest BCUT2D eigenvalue weighted by molar-refractivity contribution is 7.89. The summed E-state index contributed by atoms with van der Waals surface area (Å²) in [5.74, 6) is -0.573. The summed E-state index contributed by atoms with van der Waals surface area (Å²) in [6.45, 7) is 7.92. The van der Waals surface area contributed by atoms with Gasteiger partial charge in [-0.3, -0.25) is 4.79 Å². The van der Waals surface area contributed by atoms with E-state index in [0.717, 1.165) is 0 Å². The fourth-order valence-corrected chi connectivity index (χ4v) is 5.36. The first kappa shape index (κ1) is 25.7. The Labute approximate surface area is 200 Å². The summed E-state index contributed by atoms with van der Waals surface area (Å²) in [6.07, 6.45) is -0.367. The number of morpholine rings is 1. The zero-order chi connectivity index (χ0) is 24.9. The SMILES string of the molecule is CC(C)[C@@H](NC(=O)Nc1ccccc1)C(=O)Nc1ccc(S(=O)(=O)N2C[C@@H](C)O[C@@H](C)C2)cc1. The van der Waals surface area contributed by atoms with Gasteiger partial charge in [-0.25, -0.2) is 13.2 Å². The molecule has 9 nitrogen and oxygen atoms in total. The third-order valence-electron chi connectivity index (χ3n) is 5.41. The van der Waals surface area contributed by atoms with Crippen molar-refractivity contribution in [1.82, 2.24) is 9.62 Å². The Balaban J connectivity index is 1.64. The van der Waals surface area contributed by atoms with Crippen molar-refractivity contribution in [3.05, 3.63) is 54.6 Å². The predicted octanol–water partition coefficient (Wildman–Crippen LogP) is 3.27. The number of amides is 3. The Morgan fingerprint density at radius 2 is 1.47 bits per heavy atom. The molecule has 1 fully saturated rings. The van der Waals surface area contributed by atoms with Crippen LogP contribution in [0, 0.1) is 5.92 Å². The highest BCUT2D eigenvalue weighted by atomic mass is 32.2. The molecule has 0 radical (unpaired) electrons. The fraction of sp³-hybridized carbons (Fsp3) is 0.417. The summed E-state index contributed by atoms with van der Waals surface area (Å²) >= 11 is 0. The van der Waals surface area contributed by atoms with Crippen molar-refractivity contribution in [2.75, 3.05) is 23.7 Å². The van der Waals surface area contributed by atoms with Crippen LogP contribution in [0.15, 0.2) is 59.5 Å². The minimum atomic E-state index is -3.67. The molecule has 0 unspecified atom stereocenters. The van der Waals surface area contributed by atoms with Gasteiger partial charge in [0.1, 0.15) is 6.04 Å². The molecular formula is C24H32N4O5S. The highest BCUT2D eigenvalue weighted by Gasteiger charge is 2.32. The lowest BCUT2D eigenvalue weighted by Crippen LogP contribution is -2.48. The molecule has 3 atom stereocenters. The number of nitrogens with one attached hydrogen (secondary N) is 3. The van der Waals surface area contributed by atoms with E-state index in [1.54, 1.807) is 36.4 Å². The van der Waals surface area contributed by atoms with Gasteiger partial charge in [0.15, 0.2) is 0 Å². The lowest BCUT2D eigenvalue weighted by molar-refractivity contribution is -0.118. The third kappa shape index (κ3) is 6.55. The highest BCUT2D eigenvalue weighted by Crippen LogP contribution is 2.22. The minimum absolute atomic E-state index is 0.146. The number of anilines is 2. The minimum Gasteiger partial charge on any atom is -0.373 e. The molecule has 2 aromatic carbocycles. The molecule has 0 aliphatic carbocycles. The van der Waals surface area contributed by atoms with Crippen LogP contribution in [-0.2, 0) is 19.6 Å². The number of benzene rings is 2. The monoisotopic (exact) mass is 488 g/mol. The molecule has 184 valence electrons. The van der Waals surface area contributed by atoms with Gasteiger partial charge in [-0.1, -0.05) is 32.0 Å². The van der Waals surface area contributed by atoms with Crippen molar-refractivity contribution < 1.29 is 22.7 Å². The Kier molecular flexibility index (Phi) is 8.29. The Morgan fingerprint density at radius 1 is 0.912 bits per heavy atom. The second kappa shape index (κ2) is 11.0. The van der Waals surface area contributed by atoms with E-state index in [9.17, 15) is 18.0 Å². The zero-order valence-corrected chi connectivity index (χ0v) is 20.6. The molecule has 2 aromatic rings. The molecule has 0 bridgehead atoms. The average Bonchev–Trinajstić information content (AvgIpc) is 2.77. The molecule has 0 aromatic heterocycles. The van der Waals surface area contributed by atoms with E-state index < -0.39 is 28.0 Å². The summed E-state index contributed by atoms with van der Waals surface area (Å²) in [7, 11) is -3.67. The number of ether oxygens (including phenoxy) is 1. The number of hydrogen-bond donors (Lipinski definition) is 3. The molecule has 1 heterocycles. The largest absolute Gasteiger partial charge is 0.373 e. The number of rotatable bonds is 7. The van der Waals surface area contributed by atoms with Crippen LogP contribution in [-0.4, -0.2) is 56.0 Å². The average molecular weight is 489 g/mol. The van der Waals surface area contributed by atoms with Crippen molar-refractivity contribution >= 4 is 33.3 Å². The van der Waals surface area contributed by atoms with Gasteiger partial charge in [-0.15, -0.1) is 0 Å². The maximum absolute atomic E-state index is 13.0. The van der Waals surface area contributed by atoms with Crippen molar-refractivity contribution in [2.45, 2.75) is 50.8 Å². The van der Waals surface area contributed by atoms with Gasteiger partial charge in [-0.2, -0.15) is 4.31 Å². The molecule has 3 amide bonds. The van der Waals surface area contributed by atoms with Gasteiger partial charge in [0, 0.05) is 24.5 Å². The number of carbonyl (C=O) groups excluding carboxylic acids is 2. The maximum Gasteiger partial charge on any atom is 0.319 e. The number of para-hydroxylation sites is 1. The van der Waals surface area contributed by atoms with E-state index >= 15 is 0 Å². The van der Waals surface area contributed by atoms with E-state index in [1.165, 1.54) is 16.4 Å². The van der Waals surface area contributed by atoms with Crippen molar-refractivity contribution in [3.8, 4) is 0 Å². The molecule has 1 aliphatic rings. The summed E-state index contributed by atoms with van der Waals surface area (Å²) < 4.78 is 33.1. The number of hydrogen-bond acceptors (Lipinski definition) is 5. The van der Waals surface area contributed by atoms with E-state index in [4.69, 9.17) is 4.74 Å². The molecule has 1 saturated heterocycles. The topological polar surface area (TPSA) is 117 Å². The molecule has 3 N–H and O–H groups in total. The normalized spacial score (nSPS) is 19.9. The van der Waals surface area contributed by atoms with E-state index in [2.05, 4.69) is 16.0 Å². The van der Waals surface area contributed by atoms with E-state index in [0.29, 0.717) is 11.4 Å². The van der Waals surface area contributed by atoms with Crippen molar-refractivity contribution in [3.63, 3.8) is 0 Å². The molecule has 3 rings (SSSR count). The van der Waals surface area contributed by atoms with Gasteiger partial charge in [0.25, 0.3) is 0 Å². The van der Waals surface area contributed by atoms with Crippen LogP contribution in [0.2, 0.25) is 0 Å². The Bertz CT molecular complexity index is 1080. The maximum atomic E-state index is 13.0. The van der Waals surface area contributed by atoms with E-state index in [-0.39, 0.29) is 36.1 Å². The van der Waals surface area contributed by atoms with Gasteiger partial charge in [0.05, 0.1) is 17.1 Å². The van der Waals surface area contributed by atoms with Crippen LogP contribution >= 0.6 is 0 Å². The number of urea groups is 1. The Hall–Kier alpha value is -2.95. The summed E-state index contributed by atoms with van der Waals surface area (Å²) in [6, 6.07) is 13.7. The third-order valence-corrected chi connectivity index (χ3v) is 7.26. The summed E-state index contributed by atoms with van der Waals surface area (Å²) in [5.41, 5.74) is 1.05. The number of carbonyl (C=O) groups is 2. The molecule has 0 spiro atoms. The first-order valence-corrected chi connectivity index (χ1v) is 12.7. The van der Waals surface area contributed by atoms with Gasteiger partial charge in [0.2, 0.25) is 15.9 Å². The smallest absolute Gasteiger partial charge is 0.319 e. The Morgan fingerprint density at radius 3 is 2.03 bits per heavy atom. The van der Waals surface area contributed by atoms with Crippen LogP contribution in [0.5, 0.6) is 0 Å². The first-order valence-electron chi connectivity index (χ1n) is 11.3. The van der Waals surface area contributed by atoms with Crippen LogP contribution in [0.1, 0.15) is 27.7 Å². The van der Waals surface area contributed by atoms with Crippen LogP contribution in [0.4, 0.5) is 16.2 Å². The van der Waals surface area contributed by atoms with Crippen LogP contribution in [0.3, 0.4) is 0 Å².